The third kappa shape index (κ3) is 4.36. The van der Waals surface area contributed by atoms with Crippen LogP contribution in [0.15, 0.2) is 23.1 Å². The minimum Gasteiger partial charge on any atom is -0.349 e. The molecular weight excluding hydrogens is 360 g/mol. The number of halogens is 1. The second-order valence-electron chi connectivity index (χ2n) is 7.43. The zero-order valence-corrected chi connectivity index (χ0v) is 16.3. The summed E-state index contributed by atoms with van der Waals surface area (Å²) in [6.07, 6.45) is 6.51. The Kier molecular flexibility index (Phi) is 6.17. The molecule has 25 heavy (non-hydrogen) atoms. The normalized spacial score (nSPS) is 28.8. The highest BCUT2D eigenvalue weighted by Crippen LogP contribution is 2.39. The molecule has 1 aromatic carbocycles. The lowest BCUT2D eigenvalue weighted by Crippen LogP contribution is -2.53. The fourth-order valence-electron chi connectivity index (χ4n) is 4.33. The first-order chi connectivity index (χ1) is 11.3. The molecule has 2 saturated carbocycles. The Hall–Kier alpha value is -1.11. The zero-order chi connectivity index (χ0) is 17.5. The van der Waals surface area contributed by atoms with E-state index in [2.05, 4.69) is 5.32 Å². The summed E-state index contributed by atoms with van der Waals surface area (Å²) in [6.45, 7) is 1.83. The second kappa shape index (κ2) is 7.64. The molecule has 0 aromatic heterocycles. The molecule has 2 aliphatic rings. The van der Waals surface area contributed by atoms with E-state index in [1.807, 2.05) is 6.92 Å². The van der Waals surface area contributed by atoms with Gasteiger partial charge in [0.05, 0.1) is 4.90 Å². The predicted molar refractivity (Wildman–Crippen MR) is 101 cm³/mol. The van der Waals surface area contributed by atoms with E-state index in [1.165, 1.54) is 12.5 Å². The third-order valence-electron chi connectivity index (χ3n) is 5.56. The Morgan fingerprint density at radius 3 is 2.36 bits per heavy atom. The van der Waals surface area contributed by atoms with Crippen molar-refractivity contribution >= 4 is 28.2 Å². The molecule has 140 valence electrons. The number of carbonyl (C=O) groups excluding carboxylic acids is 1. The predicted octanol–water partition coefficient (Wildman–Crippen LogP) is 2.46. The van der Waals surface area contributed by atoms with E-state index in [1.54, 1.807) is 12.1 Å². The fourth-order valence-corrected chi connectivity index (χ4v) is 4.98. The maximum absolute atomic E-state index is 12.8. The van der Waals surface area contributed by atoms with Crippen LogP contribution in [0.1, 0.15) is 48.0 Å². The fraction of sp³-hybridized carbons (Fsp3) is 0.611. The number of carbonyl (C=O) groups is 1. The summed E-state index contributed by atoms with van der Waals surface area (Å²) in [5.41, 5.74) is 7.38. The first kappa shape index (κ1) is 20.2. The molecule has 3 N–H and O–H groups in total. The molecule has 0 radical (unpaired) electrons. The first-order valence-corrected chi connectivity index (χ1v) is 10.5. The summed E-state index contributed by atoms with van der Waals surface area (Å²) in [7, 11) is -3.33. The number of sulfone groups is 1. The second-order valence-corrected chi connectivity index (χ2v) is 9.45. The topological polar surface area (TPSA) is 89.3 Å². The van der Waals surface area contributed by atoms with Crippen molar-refractivity contribution in [2.45, 2.75) is 56.0 Å². The monoisotopic (exact) mass is 386 g/mol. The van der Waals surface area contributed by atoms with Crippen LogP contribution in [0.2, 0.25) is 0 Å². The molecule has 1 aromatic rings. The first-order valence-electron chi connectivity index (χ1n) is 8.63. The molecule has 0 saturated heterocycles. The zero-order valence-electron chi connectivity index (χ0n) is 14.7. The molecule has 0 spiro atoms. The highest BCUT2D eigenvalue weighted by Gasteiger charge is 2.40. The van der Waals surface area contributed by atoms with E-state index >= 15 is 0 Å². The van der Waals surface area contributed by atoms with Crippen LogP contribution in [0.3, 0.4) is 0 Å². The number of aryl methyl sites for hydroxylation is 1. The van der Waals surface area contributed by atoms with Crippen molar-refractivity contribution in [3.8, 4) is 0 Å². The van der Waals surface area contributed by atoms with Gasteiger partial charge in [0.25, 0.3) is 5.91 Å². The Bertz CT molecular complexity index is 737. The van der Waals surface area contributed by atoms with Crippen molar-refractivity contribution in [3.05, 3.63) is 29.3 Å². The van der Waals surface area contributed by atoms with Gasteiger partial charge in [-0.3, -0.25) is 4.79 Å². The molecular formula is C18H27ClN2O3S. The van der Waals surface area contributed by atoms with Crippen LogP contribution in [0, 0.1) is 18.8 Å². The summed E-state index contributed by atoms with van der Waals surface area (Å²) in [5.74, 6) is 0.708. The maximum Gasteiger partial charge on any atom is 0.251 e. The van der Waals surface area contributed by atoms with Gasteiger partial charge in [0, 0.05) is 23.9 Å². The van der Waals surface area contributed by atoms with E-state index in [0.29, 0.717) is 17.4 Å². The summed E-state index contributed by atoms with van der Waals surface area (Å²) >= 11 is 0. The number of amides is 1. The van der Waals surface area contributed by atoms with Crippen molar-refractivity contribution in [1.82, 2.24) is 5.32 Å². The number of rotatable bonds is 3. The van der Waals surface area contributed by atoms with Crippen molar-refractivity contribution in [3.63, 3.8) is 0 Å². The highest BCUT2D eigenvalue weighted by atomic mass is 35.5. The molecule has 2 fully saturated rings. The van der Waals surface area contributed by atoms with E-state index < -0.39 is 9.84 Å². The smallest absolute Gasteiger partial charge is 0.251 e. The standard InChI is InChI=1S/C18H26N2O3S.ClH/c1-11-6-7-15(24(2,22)23)10-16(11)18(21)20-17-12-4-3-5-13(17)9-14(19)8-12;/h6-7,10,12-14,17H,3-5,8-9,19H2,1-2H3,(H,20,21);1H. The van der Waals surface area contributed by atoms with Crippen LogP contribution < -0.4 is 11.1 Å². The molecule has 0 aliphatic heterocycles. The van der Waals surface area contributed by atoms with Gasteiger partial charge in [-0.1, -0.05) is 12.5 Å². The lowest BCUT2D eigenvalue weighted by atomic mass is 9.67. The van der Waals surface area contributed by atoms with Crippen LogP contribution >= 0.6 is 12.4 Å². The average Bonchev–Trinajstić information content (AvgIpc) is 2.47. The van der Waals surface area contributed by atoms with Gasteiger partial charge < -0.3 is 11.1 Å². The Morgan fingerprint density at radius 2 is 1.80 bits per heavy atom. The maximum atomic E-state index is 12.8. The average molecular weight is 387 g/mol. The molecule has 1 amide bonds. The number of nitrogens with one attached hydrogen (secondary N) is 1. The van der Waals surface area contributed by atoms with Crippen molar-refractivity contribution in [2.24, 2.45) is 17.6 Å². The molecule has 7 heteroatoms. The minimum absolute atomic E-state index is 0. The molecule has 2 atom stereocenters. The Labute approximate surface area is 156 Å². The lowest BCUT2D eigenvalue weighted by molar-refractivity contribution is 0.0755. The summed E-state index contributed by atoms with van der Waals surface area (Å²) < 4.78 is 23.5. The summed E-state index contributed by atoms with van der Waals surface area (Å²) in [5, 5.41) is 3.19. The van der Waals surface area contributed by atoms with Gasteiger partial charge in [0.2, 0.25) is 0 Å². The molecule has 2 aliphatic carbocycles. The van der Waals surface area contributed by atoms with Gasteiger partial charge in [0.15, 0.2) is 9.84 Å². The van der Waals surface area contributed by atoms with Gasteiger partial charge in [-0.05, 0) is 62.1 Å². The van der Waals surface area contributed by atoms with Gasteiger partial charge in [-0.15, -0.1) is 12.4 Å². The van der Waals surface area contributed by atoms with Gasteiger partial charge in [0.1, 0.15) is 0 Å². The van der Waals surface area contributed by atoms with Crippen molar-refractivity contribution < 1.29 is 13.2 Å². The van der Waals surface area contributed by atoms with Crippen LogP contribution in [-0.2, 0) is 9.84 Å². The Morgan fingerprint density at radius 1 is 1.20 bits per heavy atom. The van der Waals surface area contributed by atoms with Gasteiger partial charge >= 0.3 is 0 Å². The van der Waals surface area contributed by atoms with E-state index in [4.69, 9.17) is 5.73 Å². The molecule has 3 rings (SSSR count). The highest BCUT2D eigenvalue weighted by molar-refractivity contribution is 7.90. The number of nitrogens with two attached hydrogens (primary N) is 1. The summed E-state index contributed by atoms with van der Waals surface area (Å²) in [4.78, 5) is 13.0. The lowest BCUT2D eigenvalue weighted by Gasteiger charge is -2.45. The third-order valence-corrected chi connectivity index (χ3v) is 6.67. The number of benzene rings is 1. The van der Waals surface area contributed by atoms with Crippen LogP contribution in [0.4, 0.5) is 0 Å². The molecule has 5 nitrogen and oxygen atoms in total. The minimum atomic E-state index is -3.33. The number of fused-ring (bicyclic) bond motifs is 2. The summed E-state index contributed by atoms with van der Waals surface area (Å²) in [6, 6.07) is 5.14. The molecule has 2 unspecified atom stereocenters. The van der Waals surface area contributed by atoms with E-state index in [-0.39, 0.29) is 35.3 Å². The van der Waals surface area contributed by atoms with Crippen molar-refractivity contribution in [2.75, 3.05) is 6.26 Å². The van der Waals surface area contributed by atoms with E-state index in [9.17, 15) is 13.2 Å². The number of hydrogen-bond acceptors (Lipinski definition) is 4. The van der Waals surface area contributed by atoms with Crippen molar-refractivity contribution in [1.29, 1.82) is 0 Å². The SMILES string of the molecule is Cc1ccc(S(C)(=O)=O)cc1C(=O)NC1C2CCCC1CC(N)C2.Cl. The van der Waals surface area contributed by atoms with Crippen LogP contribution in [-0.4, -0.2) is 32.7 Å². The quantitative estimate of drug-likeness (QED) is 0.834. The van der Waals surface area contributed by atoms with Crippen LogP contribution in [0.25, 0.3) is 0 Å². The number of hydrogen-bond donors (Lipinski definition) is 2. The largest absolute Gasteiger partial charge is 0.349 e. The van der Waals surface area contributed by atoms with Crippen LogP contribution in [0.5, 0.6) is 0 Å². The van der Waals surface area contributed by atoms with E-state index in [0.717, 1.165) is 37.5 Å². The molecule has 2 bridgehead atoms. The molecule has 0 heterocycles. The van der Waals surface area contributed by atoms with Gasteiger partial charge in [-0.25, -0.2) is 8.42 Å². The van der Waals surface area contributed by atoms with Gasteiger partial charge in [-0.2, -0.15) is 0 Å². The Balaban J connectivity index is 0.00000225.